The molecule has 0 radical (unpaired) electrons. The zero-order valence-corrected chi connectivity index (χ0v) is 26.0. The maximum atomic E-state index is 13.6. The van der Waals surface area contributed by atoms with Crippen LogP contribution in [0.1, 0.15) is 24.9 Å². The third-order valence-corrected chi connectivity index (χ3v) is 9.29. The number of nitrogens with one attached hydrogen (secondary N) is 5. The molecule has 1 fully saturated rings. The number of tetrazole rings is 1. The van der Waals surface area contributed by atoms with Gasteiger partial charge in [-0.3, -0.25) is 24.3 Å². The molecule has 2 aromatic heterocycles. The summed E-state index contributed by atoms with van der Waals surface area (Å²) >= 11 is 2.51. The first-order chi connectivity index (χ1) is 22.1. The molecule has 0 bridgehead atoms. The summed E-state index contributed by atoms with van der Waals surface area (Å²) in [6, 6.07) is 2.10. The summed E-state index contributed by atoms with van der Waals surface area (Å²) in [7, 11) is 1.65. The van der Waals surface area contributed by atoms with E-state index < -0.39 is 46.8 Å². The molecule has 7 N–H and O–H groups in total. The number of β-lactam (4-membered cyclic amide) rings is 1. The number of carboxylic acid groups (broad SMARTS) is 1. The molecular formula is C26H29N11O7S2. The minimum atomic E-state index is -1.37. The van der Waals surface area contributed by atoms with Crippen LogP contribution in [0.5, 0.6) is 5.75 Å². The molecule has 1 saturated heterocycles. The highest BCUT2D eigenvalue weighted by atomic mass is 32.2. The van der Waals surface area contributed by atoms with Gasteiger partial charge in [0.25, 0.3) is 11.5 Å². The Labute approximate surface area is 268 Å². The lowest BCUT2D eigenvalue weighted by Crippen LogP contribution is -2.71. The smallest absolute Gasteiger partial charge is 0.352 e. The van der Waals surface area contributed by atoms with Crippen LogP contribution in [0.25, 0.3) is 0 Å². The number of aliphatic carboxylic acids is 1. The molecule has 0 saturated carbocycles. The van der Waals surface area contributed by atoms with Crippen LogP contribution in [-0.4, -0.2) is 98.6 Å². The monoisotopic (exact) mass is 671 g/mol. The minimum absolute atomic E-state index is 0.0810. The number of phenols is 1. The molecule has 242 valence electrons. The molecule has 5 rings (SSSR count). The third kappa shape index (κ3) is 6.91. The SMILES string of the molecule is CCCNc1ncc(NC(=O)N[C@@H](C(=O)NC2C(=O)N3C(C(=O)O)=C(CSc4nnnn4C)CS[C@H]23)c2ccc(O)cc2)c(=O)[nH]1. The van der Waals surface area contributed by atoms with Crippen molar-refractivity contribution in [2.24, 2.45) is 7.05 Å². The van der Waals surface area contributed by atoms with Crippen LogP contribution in [0.15, 0.2) is 51.7 Å². The quantitative estimate of drug-likeness (QED) is 0.101. The molecule has 4 heterocycles. The highest BCUT2D eigenvalue weighted by molar-refractivity contribution is 8.01. The van der Waals surface area contributed by atoms with Crippen molar-refractivity contribution < 1.29 is 29.4 Å². The molecule has 1 aromatic carbocycles. The zero-order valence-electron chi connectivity index (χ0n) is 24.4. The number of anilines is 2. The summed E-state index contributed by atoms with van der Waals surface area (Å²) in [6.45, 7) is 2.52. The normalized spacial score (nSPS) is 17.9. The Kier molecular flexibility index (Phi) is 9.75. The number of hydrogen-bond acceptors (Lipinski definition) is 13. The van der Waals surface area contributed by atoms with Crippen LogP contribution in [-0.2, 0) is 21.4 Å². The number of aryl methyl sites for hydroxylation is 1. The fraction of sp³-hybridized carbons (Fsp3) is 0.346. The number of rotatable bonds is 12. The minimum Gasteiger partial charge on any atom is -0.508 e. The number of nitrogens with zero attached hydrogens (tertiary/aromatic N) is 6. The van der Waals surface area contributed by atoms with Crippen LogP contribution in [0, 0.1) is 0 Å². The van der Waals surface area contributed by atoms with Gasteiger partial charge in [0.2, 0.25) is 17.0 Å². The molecule has 0 spiro atoms. The van der Waals surface area contributed by atoms with E-state index in [2.05, 4.69) is 46.8 Å². The lowest BCUT2D eigenvalue weighted by atomic mass is 10.0. The first kappa shape index (κ1) is 32.3. The number of benzene rings is 1. The van der Waals surface area contributed by atoms with Crippen LogP contribution in [0.3, 0.4) is 0 Å². The van der Waals surface area contributed by atoms with Crippen molar-refractivity contribution in [1.29, 1.82) is 0 Å². The zero-order chi connectivity index (χ0) is 33.0. The van der Waals surface area contributed by atoms with Gasteiger partial charge in [0.15, 0.2) is 0 Å². The number of carbonyl (C=O) groups is 4. The fourth-order valence-electron chi connectivity index (χ4n) is 4.60. The van der Waals surface area contributed by atoms with Gasteiger partial charge in [0.1, 0.15) is 34.6 Å². The number of urea groups is 1. The highest BCUT2D eigenvalue weighted by Crippen LogP contribution is 2.41. The van der Waals surface area contributed by atoms with Gasteiger partial charge in [-0.1, -0.05) is 30.8 Å². The van der Waals surface area contributed by atoms with Gasteiger partial charge in [-0.2, -0.15) is 0 Å². The predicted octanol–water partition coefficient (Wildman–Crippen LogP) is 0.215. The first-order valence-electron chi connectivity index (χ1n) is 13.8. The Balaban J connectivity index is 1.29. The number of H-pyrrole nitrogens is 1. The molecule has 3 aromatic rings. The molecule has 1 unspecified atom stereocenters. The van der Waals surface area contributed by atoms with Gasteiger partial charge in [0, 0.05) is 25.1 Å². The number of fused-ring (bicyclic) bond motifs is 1. The molecule has 0 aliphatic carbocycles. The van der Waals surface area contributed by atoms with Crippen molar-refractivity contribution in [3.63, 3.8) is 0 Å². The molecule has 2 aliphatic heterocycles. The lowest BCUT2D eigenvalue weighted by molar-refractivity contribution is -0.150. The average molecular weight is 672 g/mol. The van der Waals surface area contributed by atoms with Gasteiger partial charge in [-0.15, -0.1) is 16.9 Å². The second kappa shape index (κ2) is 13.9. The van der Waals surface area contributed by atoms with E-state index in [9.17, 15) is 34.2 Å². The number of thioether (sulfide) groups is 2. The van der Waals surface area contributed by atoms with E-state index in [-0.39, 0.29) is 40.2 Å². The first-order valence-corrected chi connectivity index (χ1v) is 15.9. The van der Waals surface area contributed by atoms with E-state index in [1.54, 1.807) is 7.05 Å². The van der Waals surface area contributed by atoms with Crippen molar-refractivity contribution in [2.75, 3.05) is 28.7 Å². The topological polar surface area (TPSA) is 249 Å². The summed E-state index contributed by atoms with van der Waals surface area (Å²) in [6.07, 6.45) is 1.97. The molecule has 18 nitrogen and oxygen atoms in total. The maximum Gasteiger partial charge on any atom is 0.352 e. The number of aromatic amines is 1. The number of carboxylic acids is 1. The highest BCUT2D eigenvalue weighted by Gasteiger charge is 2.54. The van der Waals surface area contributed by atoms with E-state index in [0.717, 1.165) is 11.3 Å². The summed E-state index contributed by atoms with van der Waals surface area (Å²) in [5.74, 6) is -2.03. The third-order valence-electron chi connectivity index (χ3n) is 6.86. The van der Waals surface area contributed by atoms with Gasteiger partial charge in [-0.05, 0) is 40.1 Å². The van der Waals surface area contributed by atoms with E-state index in [0.29, 0.717) is 17.3 Å². The largest absolute Gasteiger partial charge is 0.508 e. The molecule has 4 amide bonds. The predicted molar refractivity (Wildman–Crippen MR) is 166 cm³/mol. The van der Waals surface area contributed by atoms with Crippen LogP contribution in [0.4, 0.5) is 16.4 Å². The Bertz CT molecular complexity index is 1740. The summed E-state index contributed by atoms with van der Waals surface area (Å²) in [5, 5.41) is 41.1. The molecule has 46 heavy (non-hydrogen) atoms. The number of phenolic OH excluding ortho intramolecular Hbond substituents is 1. The van der Waals surface area contributed by atoms with Gasteiger partial charge < -0.3 is 31.5 Å². The van der Waals surface area contributed by atoms with Gasteiger partial charge >= 0.3 is 12.0 Å². The number of aromatic hydroxyl groups is 1. The van der Waals surface area contributed by atoms with Crippen LogP contribution in [0.2, 0.25) is 0 Å². The standard InChI is InChI=1S/C26H29N11O7S2/c1-3-8-27-24-28-9-15(19(39)32-24)29-25(44)31-16(12-4-6-14(38)7-5-12)20(40)30-17-21(41)37-18(23(42)43)13(10-45-22(17)37)11-46-26-33-34-35-36(26)2/h4-7,9,16-17,22,38H,3,8,10-11H2,1-2H3,(H,30,40)(H,42,43)(H2,29,31,44)(H2,27,28,32,39)/t16-,17?,22-/m1/s1. The number of aromatic nitrogens is 6. The number of carbonyl (C=O) groups excluding carboxylic acids is 3. The average Bonchev–Trinajstić information content (AvgIpc) is 3.45. The van der Waals surface area contributed by atoms with Crippen LogP contribution >= 0.6 is 23.5 Å². The Hall–Kier alpha value is -5.11. The lowest BCUT2D eigenvalue weighted by Gasteiger charge is -2.49. The van der Waals surface area contributed by atoms with E-state index in [1.165, 1.54) is 58.7 Å². The Morgan fingerprint density at radius 2 is 1.98 bits per heavy atom. The molecule has 3 atom stereocenters. The summed E-state index contributed by atoms with van der Waals surface area (Å²) in [5.41, 5.74) is -0.203. The number of amides is 4. The van der Waals surface area contributed by atoms with Crippen molar-refractivity contribution >= 4 is 59.0 Å². The fourth-order valence-corrected chi connectivity index (χ4v) is 6.93. The summed E-state index contributed by atoms with van der Waals surface area (Å²) in [4.78, 5) is 72.1. The molecule has 2 aliphatic rings. The summed E-state index contributed by atoms with van der Waals surface area (Å²) < 4.78 is 1.44. The van der Waals surface area contributed by atoms with E-state index in [1.807, 2.05) is 6.92 Å². The van der Waals surface area contributed by atoms with E-state index in [4.69, 9.17) is 0 Å². The Morgan fingerprint density at radius 3 is 2.63 bits per heavy atom. The van der Waals surface area contributed by atoms with Gasteiger partial charge in [-0.25, -0.2) is 19.3 Å². The molecular weight excluding hydrogens is 642 g/mol. The van der Waals surface area contributed by atoms with Crippen molar-refractivity contribution in [2.45, 2.75) is 36.0 Å². The number of hydrogen-bond donors (Lipinski definition) is 7. The Morgan fingerprint density at radius 1 is 1.22 bits per heavy atom. The van der Waals surface area contributed by atoms with Gasteiger partial charge in [0.05, 0.1) is 6.20 Å². The maximum absolute atomic E-state index is 13.6. The van der Waals surface area contributed by atoms with Crippen molar-refractivity contribution in [3.8, 4) is 5.75 Å². The molecule has 20 heteroatoms. The van der Waals surface area contributed by atoms with Crippen molar-refractivity contribution in [1.82, 2.24) is 45.7 Å². The second-order valence-electron chi connectivity index (χ2n) is 10.1. The van der Waals surface area contributed by atoms with Crippen molar-refractivity contribution in [3.05, 3.63) is 57.6 Å². The van der Waals surface area contributed by atoms with E-state index >= 15 is 0 Å². The van der Waals surface area contributed by atoms with Crippen LogP contribution < -0.4 is 26.8 Å². The second-order valence-corrected chi connectivity index (χ2v) is 12.1.